The van der Waals surface area contributed by atoms with Crippen molar-refractivity contribution < 1.29 is 0 Å². The number of rotatable bonds is 1. The summed E-state index contributed by atoms with van der Waals surface area (Å²) in [6, 6.07) is 7.68. The summed E-state index contributed by atoms with van der Waals surface area (Å²) in [6.07, 6.45) is 5.34. The SMILES string of the molecule is C[C@H]1CCc2c(sc3ncn4c(-c5ccc(Cl)cc5)nnc4c23)C1. The van der Waals surface area contributed by atoms with E-state index in [-0.39, 0.29) is 0 Å². The zero-order valence-corrected chi connectivity index (χ0v) is 14.7. The van der Waals surface area contributed by atoms with E-state index in [0.29, 0.717) is 5.02 Å². The van der Waals surface area contributed by atoms with E-state index in [1.807, 2.05) is 46.3 Å². The Balaban J connectivity index is 1.76. The molecule has 1 atom stereocenters. The first-order valence-corrected chi connectivity index (χ1v) is 9.30. The molecule has 4 aromatic rings. The summed E-state index contributed by atoms with van der Waals surface area (Å²) >= 11 is 7.81. The van der Waals surface area contributed by atoms with Crippen LogP contribution in [0.4, 0.5) is 0 Å². The Bertz CT molecular complexity index is 1060. The minimum atomic E-state index is 0.717. The maximum absolute atomic E-state index is 5.99. The van der Waals surface area contributed by atoms with Gasteiger partial charge in [0.05, 0.1) is 5.39 Å². The summed E-state index contributed by atoms with van der Waals surface area (Å²) in [5.74, 6) is 1.56. The topological polar surface area (TPSA) is 43.1 Å². The van der Waals surface area contributed by atoms with Gasteiger partial charge in [-0.15, -0.1) is 21.5 Å². The van der Waals surface area contributed by atoms with Gasteiger partial charge in [-0.2, -0.15) is 0 Å². The molecule has 6 heteroatoms. The molecule has 3 heterocycles. The number of aryl methyl sites for hydroxylation is 1. The Morgan fingerprint density at radius 1 is 1.21 bits per heavy atom. The van der Waals surface area contributed by atoms with Crippen molar-refractivity contribution in [3.63, 3.8) is 0 Å². The van der Waals surface area contributed by atoms with E-state index in [1.165, 1.54) is 22.2 Å². The van der Waals surface area contributed by atoms with Gasteiger partial charge in [-0.25, -0.2) is 4.98 Å². The fourth-order valence-electron chi connectivity index (χ4n) is 3.54. The van der Waals surface area contributed by atoms with E-state index in [4.69, 9.17) is 16.6 Å². The third-order valence-electron chi connectivity index (χ3n) is 4.81. The third kappa shape index (κ3) is 2.08. The first kappa shape index (κ1) is 14.4. The Hall–Kier alpha value is -1.98. The fraction of sp³-hybridized carbons (Fsp3) is 0.278. The molecule has 0 amide bonds. The highest BCUT2D eigenvalue weighted by molar-refractivity contribution is 7.19. The highest BCUT2D eigenvalue weighted by Gasteiger charge is 2.23. The molecule has 3 aromatic heterocycles. The molecule has 5 rings (SSSR count). The van der Waals surface area contributed by atoms with Crippen LogP contribution in [0.5, 0.6) is 0 Å². The molecular weight excluding hydrogens is 340 g/mol. The van der Waals surface area contributed by atoms with Gasteiger partial charge in [-0.3, -0.25) is 4.40 Å². The third-order valence-corrected chi connectivity index (χ3v) is 6.22. The van der Waals surface area contributed by atoms with Crippen molar-refractivity contribution in [2.45, 2.75) is 26.2 Å². The number of hydrogen-bond donors (Lipinski definition) is 0. The van der Waals surface area contributed by atoms with E-state index in [9.17, 15) is 0 Å². The van der Waals surface area contributed by atoms with Crippen molar-refractivity contribution in [3.8, 4) is 11.4 Å². The molecule has 24 heavy (non-hydrogen) atoms. The largest absolute Gasteiger partial charge is 0.265 e. The van der Waals surface area contributed by atoms with E-state index >= 15 is 0 Å². The molecule has 120 valence electrons. The number of halogens is 1. The van der Waals surface area contributed by atoms with Crippen LogP contribution in [-0.4, -0.2) is 19.6 Å². The smallest absolute Gasteiger partial charge is 0.172 e. The Morgan fingerprint density at radius 3 is 2.88 bits per heavy atom. The van der Waals surface area contributed by atoms with Crippen molar-refractivity contribution >= 4 is 38.8 Å². The van der Waals surface area contributed by atoms with Gasteiger partial charge in [-0.05, 0) is 55.0 Å². The van der Waals surface area contributed by atoms with Crippen molar-refractivity contribution in [2.75, 3.05) is 0 Å². The predicted molar refractivity (Wildman–Crippen MR) is 97.8 cm³/mol. The van der Waals surface area contributed by atoms with Gasteiger partial charge in [0.15, 0.2) is 11.5 Å². The maximum atomic E-state index is 5.99. The molecule has 0 spiro atoms. The lowest BCUT2D eigenvalue weighted by molar-refractivity contribution is 0.509. The molecule has 1 aliphatic rings. The summed E-state index contributed by atoms with van der Waals surface area (Å²) < 4.78 is 2.00. The molecule has 0 aliphatic heterocycles. The molecule has 0 radical (unpaired) electrons. The molecule has 0 bridgehead atoms. The number of hydrogen-bond acceptors (Lipinski definition) is 4. The minimum absolute atomic E-state index is 0.717. The lowest BCUT2D eigenvalue weighted by Gasteiger charge is -2.17. The van der Waals surface area contributed by atoms with Gasteiger partial charge in [-0.1, -0.05) is 18.5 Å². The second-order valence-corrected chi connectivity index (χ2v) is 8.02. The Kier molecular flexibility index (Phi) is 3.15. The van der Waals surface area contributed by atoms with E-state index in [1.54, 1.807) is 0 Å². The number of fused-ring (bicyclic) bond motifs is 5. The van der Waals surface area contributed by atoms with Gasteiger partial charge in [0.1, 0.15) is 11.2 Å². The quantitative estimate of drug-likeness (QED) is 0.494. The number of benzene rings is 1. The van der Waals surface area contributed by atoms with Gasteiger partial charge in [0.2, 0.25) is 0 Å². The monoisotopic (exact) mass is 354 g/mol. The van der Waals surface area contributed by atoms with E-state index in [0.717, 1.165) is 40.6 Å². The highest BCUT2D eigenvalue weighted by Crippen LogP contribution is 2.39. The number of aromatic nitrogens is 4. The molecule has 1 aliphatic carbocycles. The van der Waals surface area contributed by atoms with Crippen LogP contribution < -0.4 is 0 Å². The average Bonchev–Trinajstić information content (AvgIpc) is 3.15. The second-order valence-electron chi connectivity index (χ2n) is 6.50. The number of thiophene rings is 1. The van der Waals surface area contributed by atoms with Crippen molar-refractivity contribution in [3.05, 3.63) is 46.1 Å². The van der Waals surface area contributed by atoms with Crippen LogP contribution >= 0.6 is 22.9 Å². The first-order valence-electron chi connectivity index (χ1n) is 8.10. The Labute approximate surface area is 148 Å². The maximum Gasteiger partial charge on any atom is 0.172 e. The highest BCUT2D eigenvalue weighted by atomic mass is 35.5. The molecule has 0 saturated heterocycles. The summed E-state index contributed by atoms with van der Waals surface area (Å²) in [5.41, 5.74) is 3.34. The molecule has 0 unspecified atom stereocenters. The van der Waals surface area contributed by atoms with Crippen LogP contribution in [0.15, 0.2) is 30.6 Å². The average molecular weight is 355 g/mol. The Morgan fingerprint density at radius 2 is 2.04 bits per heavy atom. The van der Waals surface area contributed by atoms with E-state index < -0.39 is 0 Å². The molecule has 1 aromatic carbocycles. The molecular formula is C18H15ClN4S. The summed E-state index contributed by atoms with van der Waals surface area (Å²) in [7, 11) is 0. The minimum Gasteiger partial charge on any atom is -0.265 e. The van der Waals surface area contributed by atoms with Gasteiger partial charge in [0, 0.05) is 15.5 Å². The molecule has 0 N–H and O–H groups in total. The molecule has 0 saturated carbocycles. The lowest BCUT2D eigenvalue weighted by Crippen LogP contribution is -2.08. The van der Waals surface area contributed by atoms with Crippen LogP contribution in [0.25, 0.3) is 27.3 Å². The van der Waals surface area contributed by atoms with Crippen LogP contribution in [-0.2, 0) is 12.8 Å². The van der Waals surface area contributed by atoms with Crippen molar-refractivity contribution in [1.29, 1.82) is 0 Å². The second kappa shape index (κ2) is 5.26. The normalized spacial score (nSPS) is 17.5. The summed E-state index contributed by atoms with van der Waals surface area (Å²) in [5, 5.41) is 10.8. The van der Waals surface area contributed by atoms with Crippen LogP contribution in [0.3, 0.4) is 0 Å². The molecule has 0 fully saturated rings. The number of nitrogens with zero attached hydrogens (tertiary/aromatic N) is 4. The van der Waals surface area contributed by atoms with Gasteiger partial charge >= 0.3 is 0 Å². The van der Waals surface area contributed by atoms with Crippen molar-refractivity contribution in [1.82, 2.24) is 19.6 Å². The van der Waals surface area contributed by atoms with Crippen molar-refractivity contribution in [2.24, 2.45) is 5.92 Å². The summed E-state index contributed by atoms with van der Waals surface area (Å²) in [4.78, 5) is 7.24. The standard InChI is InChI=1S/C18H15ClN4S/c1-10-2-7-13-14(8-10)24-18-15(13)17-22-21-16(23(17)9-20-18)11-3-5-12(19)6-4-11/h3-6,9-10H,2,7-8H2,1H3/t10-/m0/s1. The van der Waals surface area contributed by atoms with E-state index in [2.05, 4.69) is 17.1 Å². The first-order chi connectivity index (χ1) is 11.7. The lowest BCUT2D eigenvalue weighted by atomic mass is 9.89. The fourth-order valence-corrected chi connectivity index (χ4v) is 5.01. The summed E-state index contributed by atoms with van der Waals surface area (Å²) in [6.45, 7) is 2.33. The van der Waals surface area contributed by atoms with Gasteiger partial charge < -0.3 is 0 Å². The van der Waals surface area contributed by atoms with Gasteiger partial charge in [0.25, 0.3) is 0 Å². The zero-order chi connectivity index (χ0) is 16.3. The predicted octanol–water partition coefficient (Wildman–Crippen LogP) is 4.78. The molecule has 4 nitrogen and oxygen atoms in total. The van der Waals surface area contributed by atoms with Crippen LogP contribution in [0, 0.1) is 5.92 Å². The van der Waals surface area contributed by atoms with Crippen LogP contribution in [0.1, 0.15) is 23.8 Å². The zero-order valence-electron chi connectivity index (χ0n) is 13.2. The van der Waals surface area contributed by atoms with Crippen LogP contribution in [0.2, 0.25) is 5.02 Å².